The Morgan fingerprint density at radius 3 is 2.59 bits per heavy atom. The Kier molecular flexibility index (Phi) is 5.18. The number of ether oxygens (including phenoxy) is 2. The van der Waals surface area contributed by atoms with Crippen molar-refractivity contribution in [3.05, 3.63) is 42.1 Å². The van der Waals surface area contributed by atoms with E-state index in [1.807, 2.05) is 0 Å². The zero-order valence-electron chi connectivity index (χ0n) is 16.3. The molecule has 150 valence electrons. The Morgan fingerprint density at radius 2 is 1.97 bits per heavy atom. The first-order chi connectivity index (χ1) is 14.1. The minimum Gasteiger partial charge on any atom is -0.494 e. The van der Waals surface area contributed by atoms with Crippen LogP contribution in [0.3, 0.4) is 0 Å². The van der Waals surface area contributed by atoms with Crippen LogP contribution in [0, 0.1) is 0 Å². The van der Waals surface area contributed by atoms with Gasteiger partial charge in [0, 0.05) is 43.0 Å². The second kappa shape index (κ2) is 7.92. The van der Waals surface area contributed by atoms with Crippen molar-refractivity contribution in [3.8, 4) is 16.9 Å². The molecule has 0 atom stereocenters. The van der Waals surface area contributed by atoms with Gasteiger partial charge in [0.1, 0.15) is 5.52 Å². The number of hydrogen-bond acceptors (Lipinski definition) is 7. The molecule has 8 nitrogen and oxygen atoms in total. The summed E-state index contributed by atoms with van der Waals surface area (Å²) in [6, 6.07) is 8.82. The molecule has 1 aliphatic rings. The summed E-state index contributed by atoms with van der Waals surface area (Å²) in [4.78, 5) is 22.5. The van der Waals surface area contributed by atoms with Crippen LogP contribution in [0.2, 0.25) is 0 Å². The maximum Gasteiger partial charge on any atom is 0.335 e. The molecule has 0 spiro atoms. The van der Waals surface area contributed by atoms with Crippen LogP contribution in [0.15, 0.2) is 36.5 Å². The molecule has 0 amide bonds. The topological polar surface area (TPSA) is 96.8 Å². The smallest absolute Gasteiger partial charge is 0.335 e. The Hall–Kier alpha value is -3.39. The van der Waals surface area contributed by atoms with Crippen LogP contribution in [0.1, 0.15) is 10.4 Å². The van der Waals surface area contributed by atoms with E-state index >= 15 is 0 Å². The molecule has 0 aliphatic carbocycles. The second-order valence-corrected chi connectivity index (χ2v) is 6.66. The molecule has 4 rings (SSSR count). The molecule has 8 heteroatoms. The summed E-state index contributed by atoms with van der Waals surface area (Å²) in [5.74, 6) is 0.170. The fraction of sp³-hybridized carbons (Fsp3) is 0.286. The number of rotatable bonds is 5. The first-order valence-electron chi connectivity index (χ1n) is 9.34. The number of carboxylic acid groups (broad SMARTS) is 1. The highest BCUT2D eigenvalue weighted by Gasteiger charge is 2.21. The Bertz CT molecular complexity index is 1050. The van der Waals surface area contributed by atoms with Gasteiger partial charge < -0.3 is 24.8 Å². The van der Waals surface area contributed by atoms with Gasteiger partial charge >= 0.3 is 5.97 Å². The van der Waals surface area contributed by atoms with Crippen molar-refractivity contribution < 1.29 is 19.4 Å². The molecular weight excluding hydrogens is 372 g/mol. The third kappa shape index (κ3) is 3.54. The summed E-state index contributed by atoms with van der Waals surface area (Å²) in [6.45, 7) is 2.86. The molecule has 2 heterocycles. The van der Waals surface area contributed by atoms with Crippen LogP contribution < -0.4 is 15.0 Å². The van der Waals surface area contributed by atoms with Gasteiger partial charge in [-0.15, -0.1) is 0 Å². The molecule has 1 aliphatic heterocycles. The highest BCUT2D eigenvalue weighted by Crippen LogP contribution is 2.41. The van der Waals surface area contributed by atoms with E-state index in [2.05, 4.69) is 26.3 Å². The van der Waals surface area contributed by atoms with Crippen LogP contribution in [-0.2, 0) is 4.74 Å². The maximum absolute atomic E-state index is 11.2. The molecule has 0 saturated carbocycles. The molecule has 1 aromatic heterocycles. The number of benzene rings is 2. The van der Waals surface area contributed by atoms with Crippen LogP contribution >= 0.6 is 0 Å². The predicted molar refractivity (Wildman–Crippen MR) is 111 cm³/mol. The number of carboxylic acids is 1. The van der Waals surface area contributed by atoms with Crippen LogP contribution in [0.5, 0.6) is 5.75 Å². The zero-order chi connectivity index (χ0) is 20.4. The van der Waals surface area contributed by atoms with Gasteiger partial charge in [0.2, 0.25) is 5.95 Å². The number of aromatic carboxylic acids is 1. The largest absolute Gasteiger partial charge is 0.494 e. The molecular formula is C21H22N4O4. The van der Waals surface area contributed by atoms with Crippen LogP contribution in [0.4, 0.5) is 11.6 Å². The van der Waals surface area contributed by atoms with Crippen molar-refractivity contribution in [3.63, 3.8) is 0 Å². The van der Waals surface area contributed by atoms with Crippen LogP contribution in [-0.4, -0.2) is 61.5 Å². The number of anilines is 2. The molecule has 2 N–H and O–H groups in total. The number of carbonyl (C=O) groups is 1. The SMILES string of the molecule is CNc1ncc2c(N3CCOCC3)cc(-c3ccc(C(=O)O)cc3)c(OC)c2n1. The lowest BCUT2D eigenvalue weighted by molar-refractivity contribution is 0.0697. The third-order valence-corrected chi connectivity index (χ3v) is 5.03. The van der Waals surface area contributed by atoms with Gasteiger partial charge in [-0.25, -0.2) is 14.8 Å². The number of morpholine rings is 1. The average molecular weight is 394 g/mol. The van der Waals surface area contributed by atoms with Crippen molar-refractivity contribution in [1.82, 2.24) is 9.97 Å². The van der Waals surface area contributed by atoms with Gasteiger partial charge in [-0.2, -0.15) is 0 Å². The molecule has 3 aromatic rings. The van der Waals surface area contributed by atoms with Crippen molar-refractivity contribution in [2.45, 2.75) is 0 Å². The van der Waals surface area contributed by atoms with Gasteiger partial charge in [0.25, 0.3) is 0 Å². The second-order valence-electron chi connectivity index (χ2n) is 6.66. The Labute approximate surface area is 168 Å². The summed E-state index contributed by atoms with van der Waals surface area (Å²) in [7, 11) is 3.38. The first-order valence-corrected chi connectivity index (χ1v) is 9.34. The summed E-state index contributed by atoms with van der Waals surface area (Å²) in [5, 5.41) is 13.1. The standard InChI is InChI=1S/C21H22N4O4/c1-22-21-23-12-16-17(25-7-9-29-10-8-25)11-15(19(28-2)18(16)24-21)13-3-5-14(6-4-13)20(26)27/h3-6,11-12H,7-10H2,1-2H3,(H,26,27)(H,22,23,24). The minimum absolute atomic E-state index is 0.238. The Morgan fingerprint density at radius 1 is 1.24 bits per heavy atom. The number of nitrogens with one attached hydrogen (secondary N) is 1. The first kappa shape index (κ1) is 18.9. The van der Waals surface area contributed by atoms with E-state index in [-0.39, 0.29) is 5.56 Å². The number of methoxy groups -OCH3 is 1. The number of fused-ring (bicyclic) bond motifs is 1. The van der Waals surface area contributed by atoms with Gasteiger partial charge in [-0.05, 0) is 23.8 Å². The van der Waals surface area contributed by atoms with Gasteiger partial charge in [-0.1, -0.05) is 12.1 Å². The monoisotopic (exact) mass is 394 g/mol. The fourth-order valence-corrected chi connectivity index (χ4v) is 3.55. The van der Waals surface area contributed by atoms with Crippen molar-refractivity contribution >= 4 is 28.5 Å². The van der Waals surface area contributed by atoms with E-state index in [0.717, 1.165) is 35.3 Å². The van der Waals surface area contributed by atoms with E-state index in [0.29, 0.717) is 30.4 Å². The third-order valence-electron chi connectivity index (χ3n) is 5.03. The molecule has 0 unspecified atom stereocenters. The van der Waals surface area contributed by atoms with Gasteiger partial charge in [-0.3, -0.25) is 0 Å². The normalized spacial score (nSPS) is 14.1. The summed E-state index contributed by atoms with van der Waals surface area (Å²) < 4.78 is 11.3. The van der Waals surface area contributed by atoms with Crippen molar-refractivity contribution in [2.24, 2.45) is 0 Å². The van der Waals surface area contributed by atoms with E-state index in [1.54, 1.807) is 44.6 Å². The zero-order valence-corrected chi connectivity index (χ0v) is 16.3. The molecule has 1 fully saturated rings. The Balaban J connectivity index is 1.95. The highest BCUT2D eigenvalue weighted by atomic mass is 16.5. The minimum atomic E-state index is -0.956. The number of hydrogen-bond donors (Lipinski definition) is 2. The maximum atomic E-state index is 11.2. The van der Waals surface area contributed by atoms with Gasteiger partial charge in [0.05, 0.1) is 25.9 Å². The average Bonchev–Trinajstić information content (AvgIpc) is 2.78. The molecule has 29 heavy (non-hydrogen) atoms. The number of nitrogens with zero attached hydrogens (tertiary/aromatic N) is 3. The molecule has 2 aromatic carbocycles. The predicted octanol–water partition coefficient (Wildman–Crippen LogP) is 2.88. The summed E-state index contributed by atoms with van der Waals surface area (Å²) in [6.07, 6.45) is 1.80. The van der Waals surface area contributed by atoms with E-state index in [1.165, 1.54) is 0 Å². The molecule has 0 bridgehead atoms. The lowest BCUT2D eigenvalue weighted by atomic mass is 9.99. The van der Waals surface area contributed by atoms with E-state index in [9.17, 15) is 9.90 Å². The quantitative estimate of drug-likeness (QED) is 0.682. The fourth-order valence-electron chi connectivity index (χ4n) is 3.55. The van der Waals surface area contributed by atoms with Crippen molar-refractivity contribution in [2.75, 3.05) is 50.7 Å². The van der Waals surface area contributed by atoms with Crippen molar-refractivity contribution in [1.29, 1.82) is 0 Å². The molecule has 1 saturated heterocycles. The summed E-state index contributed by atoms with van der Waals surface area (Å²) in [5.41, 5.74) is 3.64. The van der Waals surface area contributed by atoms with E-state index < -0.39 is 5.97 Å². The molecule has 0 radical (unpaired) electrons. The van der Waals surface area contributed by atoms with Gasteiger partial charge in [0.15, 0.2) is 5.75 Å². The van der Waals surface area contributed by atoms with E-state index in [4.69, 9.17) is 9.47 Å². The lowest BCUT2D eigenvalue weighted by Gasteiger charge is -2.30. The van der Waals surface area contributed by atoms with Crippen LogP contribution in [0.25, 0.3) is 22.0 Å². The summed E-state index contributed by atoms with van der Waals surface area (Å²) >= 11 is 0. The number of aromatic nitrogens is 2. The highest BCUT2D eigenvalue weighted by molar-refractivity contribution is 6.01. The lowest BCUT2D eigenvalue weighted by Crippen LogP contribution is -2.36.